The molecule has 6 heteroatoms. The van der Waals surface area contributed by atoms with Crippen LogP contribution in [-0.4, -0.2) is 43.1 Å². The van der Waals surface area contributed by atoms with E-state index in [0.717, 1.165) is 18.8 Å². The van der Waals surface area contributed by atoms with E-state index in [1.54, 1.807) is 12.1 Å². The first-order chi connectivity index (χ1) is 13.0. The minimum absolute atomic E-state index is 0.0238. The molecular formula is C21H24ClFN2O2. The number of piperazine rings is 1. The Balaban J connectivity index is 1.61. The average molecular weight is 391 g/mol. The van der Waals surface area contributed by atoms with Gasteiger partial charge in [-0.05, 0) is 55.3 Å². The number of ether oxygens (including phenoxy) is 1. The van der Waals surface area contributed by atoms with E-state index >= 15 is 0 Å². The molecule has 2 aromatic carbocycles. The van der Waals surface area contributed by atoms with Gasteiger partial charge in [-0.1, -0.05) is 24.6 Å². The van der Waals surface area contributed by atoms with Crippen molar-refractivity contribution in [2.75, 3.05) is 31.1 Å². The smallest absolute Gasteiger partial charge is 0.263 e. The number of nitrogens with zero attached hydrogens (tertiary/aromatic N) is 2. The highest BCUT2D eigenvalue weighted by Crippen LogP contribution is 2.25. The second-order valence-electron chi connectivity index (χ2n) is 6.71. The lowest BCUT2D eigenvalue weighted by molar-refractivity contribution is -0.139. The Morgan fingerprint density at radius 2 is 1.81 bits per heavy atom. The van der Waals surface area contributed by atoms with Crippen molar-refractivity contribution in [1.29, 1.82) is 0 Å². The van der Waals surface area contributed by atoms with E-state index in [1.165, 1.54) is 17.7 Å². The average Bonchev–Trinajstić information content (AvgIpc) is 2.69. The van der Waals surface area contributed by atoms with Crippen LogP contribution < -0.4 is 9.64 Å². The zero-order chi connectivity index (χ0) is 19.4. The summed E-state index contributed by atoms with van der Waals surface area (Å²) in [6.45, 7) is 6.74. The van der Waals surface area contributed by atoms with E-state index in [-0.39, 0.29) is 11.7 Å². The molecule has 2 aromatic rings. The summed E-state index contributed by atoms with van der Waals surface area (Å²) in [6, 6.07) is 11.6. The SMILES string of the molecule is CCC(Oc1ccc(F)cc1)C(=O)N1CCN(c2cc(Cl)ccc2C)CC1. The Hall–Kier alpha value is -2.27. The van der Waals surface area contributed by atoms with Crippen molar-refractivity contribution in [3.8, 4) is 5.75 Å². The summed E-state index contributed by atoms with van der Waals surface area (Å²) >= 11 is 6.13. The third kappa shape index (κ3) is 4.72. The van der Waals surface area contributed by atoms with Crippen LogP contribution in [0.4, 0.5) is 10.1 Å². The molecule has 0 bridgehead atoms. The largest absolute Gasteiger partial charge is 0.481 e. The summed E-state index contributed by atoms with van der Waals surface area (Å²) in [7, 11) is 0. The summed E-state index contributed by atoms with van der Waals surface area (Å²) < 4.78 is 18.8. The molecule has 3 rings (SSSR count). The van der Waals surface area contributed by atoms with Crippen molar-refractivity contribution in [2.24, 2.45) is 0 Å². The first kappa shape index (κ1) is 19.5. The second-order valence-corrected chi connectivity index (χ2v) is 7.15. The summed E-state index contributed by atoms with van der Waals surface area (Å²) in [5, 5.41) is 0.716. The fourth-order valence-electron chi connectivity index (χ4n) is 3.28. The number of hydrogen-bond acceptors (Lipinski definition) is 3. The number of hydrogen-bond donors (Lipinski definition) is 0. The van der Waals surface area contributed by atoms with E-state index in [0.29, 0.717) is 30.3 Å². The van der Waals surface area contributed by atoms with Crippen LogP contribution in [0.3, 0.4) is 0 Å². The van der Waals surface area contributed by atoms with Crippen molar-refractivity contribution in [3.63, 3.8) is 0 Å². The number of anilines is 1. The molecule has 0 aromatic heterocycles. The van der Waals surface area contributed by atoms with Crippen molar-refractivity contribution < 1.29 is 13.9 Å². The number of rotatable bonds is 5. The van der Waals surface area contributed by atoms with Crippen LogP contribution in [0.15, 0.2) is 42.5 Å². The maximum Gasteiger partial charge on any atom is 0.263 e. The minimum atomic E-state index is -0.560. The topological polar surface area (TPSA) is 32.8 Å². The number of halogens is 2. The van der Waals surface area contributed by atoms with Gasteiger partial charge < -0.3 is 14.5 Å². The van der Waals surface area contributed by atoms with Gasteiger partial charge in [-0.3, -0.25) is 4.79 Å². The molecule has 0 spiro atoms. The number of aryl methyl sites for hydroxylation is 1. The maximum atomic E-state index is 13.0. The molecule has 1 saturated heterocycles. The molecule has 27 heavy (non-hydrogen) atoms. The predicted molar refractivity (Wildman–Crippen MR) is 106 cm³/mol. The molecule has 1 amide bonds. The first-order valence-electron chi connectivity index (χ1n) is 9.20. The van der Waals surface area contributed by atoms with Crippen LogP contribution in [0.2, 0.25) is 5.02 Å². The van der Waals surface area contributed by atoms with Crippen molar-refractivity contribution in [2.45, 2.75) is 26.4 Å². The summed E-state index contributed by atoms with van der Waals surface area (Å²) in [5.74, 6) is 0.156. The highest BCUT2D eigenvalue weighted by atomic mass is 35.5. The van der Waals surface area contributed by atoms with Gasteiger partial charge in [-0.25, -0.2) is 4.39 Å². The Kier molecular flexibility index (Phi) is 6.22. The third-order valence-electron chi connectivity index (χ3n) is 4.84. The Labute approximate surface area is 164 Å². The molecule has 1 fully saturated rings. The van der Waals surface area contributed by atoms with Crippen LogP contribution in [0, 0.1) is 12.7 Å². The van der Waals surface area contributed by atoms with Crippen molar-refractivity contribution in [3.05, 3.63) is 58.9 Å². The molecule has 4 nitrogen and oxygen atoms in total. The van der Waals surface area contributed by atoms with Gasteiger partial charge in [-0.15, -0.1) is 0 Å². The zero-order valence-corrected chi connectivity index (χ0v) is 16.4. The van der Waals surface area contributed by atoms with Gasteiger partial charge in [0.1, 0.15) is 11.6 Å². The lowest BCUT2D eigenvalue weighted by Crippen LogP contribution is -2.52. The predicted octanol–water partition coefficient (Wildman–Crippen LogP) is 4.29. The molecule has 1 aliphatic rings. The summed E-state index contributed by atoms with van der Waals surface area (Å²) in [6.07, 6.45) is -0.000911. The molecular weight excluding hydrogens is 367 g/mol. The molecule has 0 aliphatic carbocycles. The van der Waals surface area contributed by atoms with Gasteiger partial charge in [0.05, 0.1) is 0 Å². The highest BCUT2D eigenvalue weighted by Gasteiger charge is 2.28. The highest BCUT2D eigenvalue weighted by molar-refractivity contribution is 6.30. The van der Waals surface area contributed by atoms with E-state index in [4.69, 9.17) is 16.3 Å². The Morgan fingerprint density at radius 1 is 1.15 bits per heavy atom. The molecule has 0 saturated carbocycles. The lowest BCUT2D eigenvalue weighted by Gasteiger charge is -2.38. The monoisotopic (exact) mass is 390 g/mol. The van der Waals surface area contributed by atoms with Crippen LogP contribution in [0.25, 0.3) is 0 Å². The Bertz CT molecular complexity index is 789. The third-order valence-corrected chi connectivity index (χ3v) is 5.08. The maximum absolute atomic E-state index is 13.0. The molecule has 0 N–H and O–H groups in total. The normalized spacial score (nSPS) is 15.6. The number of carbonyl (C=O) groups is 1. The fraction of sp³-hybridized carbons (Fsp3) is 0.381. The standard InChI is InChI=1S/C21H24ClFN2O2/c1-3-20(27-18-8-6-17(23)7-9-18)21(26)25-12-10-24(11-13-25)19-14-16(22)5-4-15(19)2/h4-9,14,20H,3,10-13H2,1-2H3. The second kappa shape index (κ2) is 8.61. The Morgan fingerprint density at radius 3 is 2.44 bits per heavy atom. The molecule has 0 radical (unpaired) electrons. The van der Waals surface area contributed by atoms with Crippen molar-refractivity contribution in [1.82, 2.24) is 4.90 Å². The molecule has 1 atom stereocenters. The van der Waals surface area contributed by atoms with Gasteiger partial charge in [0.25, 0.3) is 5.91 Å². The lowest BCUT2D eigenvalue weighted by atomic mass is 10.1. The van der Waals surface area contributed by atoms with Gasteiger partial charge in [0.15, 0.2) is 6.10 Å². The number of benzene rings is 2. The van der Waals surface area contributed by atoms with Crippen LogP contribution >= 0.6 is 11.6 Å². The fourth-order valence-corrected chi connectivity index (χ4v) is 3.45. The van der Waals surface area contributed by atoms with E-state index in [1.807, 2.05) is 30.0 Å². The molecule has 144 valence electrons. The van der Waals surface area contributed by atoms with Crippen molar-refractivity contribution >= 4 is 23.2 Å². The number of carbonyl (C=O) groups excluding carboxylic acids is 1. The van der Waals surface area contributed by atoms with E-state index in [2.05, 4.69) is 11.8 Å². The number of amides is 1. The quantitative estimate of drug-likeness (QED) is 0.763. The summed E-state index contributed by atoms with van der Waals surface area (Å²) in [5.41, 5.74) is 2.29. The zero-order valence-electron chi connectivity index (χ0n) is 15.6. The molecule has 1 unspecified atom stereocenters. The first-order valence-corrected chi connectivity index (χ1v) is 9.58. The molecule has 1 aliphatic heterocycles. The van der Waals surface area contributed by atoms with E-state index in [9.17, 15) is 9.18 Å². The van der Waals surface area contributed by atoms with Crippen LogP contribution in [0.1, 0.15) is 18.9 Å². The van der Waals surface area contributed by atoms with E-state index < -0.39 is 6.10 Å². The van der Waals surface area contributed by atoms with Gasteiger partial charge in [0.2, 0.25) is 0 Å². The summed E-state index contributed by atoms with van der Waals surface area (Å²) in [4.78, 5) is 17.0. The van der Waals surface area contributed by atoms with Gasteiger partial charge in [0, 0.05) is 36.9 Å². The van der Waals surface area contributed by atoms with Gasteiger partial charge >= 0.3 is 0 Å². The van der Waals surface area contributed by atoms with Gasteiger partial charge in [-0.2, -0.15) is 0 Å². The van der Waals surface area contributed by atoms with Crippen LogP contribution in [-0.2, 0) is 4.79 Å². The minimum Gasteiger partial charge on any atom is -0.481 e. The molecule has 1 heterocycles. The van der Waals surface area contributed by atoms with Crippen LogP contribution in [0.5, 0.6) is 5.75 Å².